The van der Waals surface area contributed by atoms with E-state index in [-0.39, 0.29) is 0 Å². The summed E-state index contributed by atoms with van der Waals surface area (Å²) in [6.07, 6.45) is 4.58. The predicted octanol–water partition coefficient (Wildman–Crippen LogP) is 1.69. The lowest BCUT2D eigenvalue weighted by Crippen LogP contribution is -1.93. The summed E-state index contributed by atoms with van der Waals surface area (Å²) in [4.78, 5) is 28.8. The molecule has 0 saturated heterocycles. The second-order valence-corrected chi connectivity index (χ2v) is 5.14. The molecule has 0 aliphatic rings. The van der Waals surface area contributed by atoms with E-state index in [9.17, 15) is 0 Å². The molecule has 0 aliphatic heterocycles. The molecule has 0 bridgehead atoms. The molecule has 2 aromatic rings. The minimum Gasteiger partial charge on any atom is -0.351 e. The lowest BCUT2D eigenvalue weighted by Gasteiger charge is -2.06. The predicted molar refractivity (Wildman–Crippen MR) is 71.6 cm³/mol. The van der Waals surface area contributed by atoms with E-state index in [1.165, 1.54) is 16.7 Å². The molecule has 104 valence electrons. The molecular formula is C12H17N2O4P. The van der Waals surface area contributed by atoms with Crippen LogP contribution in [0.3, 0.4) is 0 Å². The number of H-pyrrole nitrogens is 1. The van der Waals surface area contributed by atoms with Crippen LogP contribution in [0.1, 0.15) is 22.4 Å². The van der Waals surface area contributed by atoms with E-state index in [0.29, 0.717) is 0 Å². The van der Waals surface area contributed by atoms with Gasteiger partial charge in [0.15, 0.2) is 0 Å². The van der Waals surface area contributed by atoms with Gasteiger partial charge in [0.05, 0.1) is 12.0 Å². The molecule has 0 fully saturated rings. The first kappa shape index (κ1) is 15.6. The van der Waals surface area contributed by atoms with Crippen LogP contribution < -0.4 is 0 Å². The van der Waals surface area contributed by atoms with Gasteiger partial charge in [-0.25, -0.2) is 9.55 Å². The van der Waals surface area contributed by atoms with Crippen LogP contribution in [-0.2, 0) is 11.0 Å². The van der Waals surface area contributed by atoms with E-state index in [0.717, 1.165) is 12.1 Å². The first-order chi connectivity index (χ1) is 8.77. The van der Waals surface area contributed by atoms with Crippen LogP contribution in [0, 0.1) is 13.8 Å². The molecule has 0 radical (unpaired) electrons. The molecule has 0 amide bonds. The molecule has 0 unspecified atom stereocenters. The fraction of sp³-hybridized carbons (Fsp3) is 0.250. The Morgan fingerprint density at radius 3 is 2.42 bits per heavy atom. The molecule has 0 saturated carbocycles. The maximum atomic E-state index is 8.88. The van der Waals surface area contributed by atoms with Crippen molar-refractivity contribution in [1.82, 2.24) is 9.97 Å². The van der Waals surface area contributed by atoms with Crippen LogP contribution in [0.4, 0.5) is 0 Å². The molecule has 1 aromatic heterocycles. The highest BCUT2D eigenvalue weighted by molar-refractivity contribution is 7.45. The summed E-state index contributed by atoms with van der Waals surface area (Å²) < 4.78 is 8.88. The summed E-state index contributed by atoms with van der Waals surface area (Å²) in [6, 6.07) is 6.41. The van der Waals surface area contributed by atoms with Gasteiger partial charge in [-0.05, 0) is 30.5 Å². The summed E-state index contributed by atoms with van der Waals surface area (Å²) in [7, 11) is -4.64. The highest BCUT2D eigenvalue weighted by Gasteiger charge is 2.02. The van der Waals surface area contributed by atoms with Gasteiger partial charge in [0, 0.05) is 12.6 Å². The molecule has 19 heavy (non-hydrogen) atoms. The Bertz CT molecular complexity index is 555. The minimum atomic E-state index is -4.64. The van der Waals surface area contributed by atoms with Gasteiger partial charge in [0.1, 0.15) is 0 Å². The van der Waals surface area contributed by atoms with Crippen LogP contribution in [-0.4, -0.2) is 24.6 Å². The van der Waals surface area contributed by atoms with Gasteiger partial charge in [-0.1, -0.05) is 18.2 Å². The van der Waals surface area contributed by atoms with Crippen molar-refractivity contribution in [2.24, 2.45) is 0 Å². The van der Waals surface area contributed by atoms with Crippen LogP contribution in [0.5, 0.6) is 0 Å². The first-order valence-corrected chi connectivity index (χ1v) is 7.15. The van der Waals surface area contributed by atoms with Crippen molar-refractivity contribution in [2.75, 3.05) is 0 Å². The Balaban J connectivity index is 0.000000312. The second kappa shape index (κ2) is 6.63. The number of imidazole rings is 1. The van der Waals surface area contributed by atoms with Crippen molar-refractivity contribution >= 4 is 7.82 Å². The van der Waals surface area contributed by atoms with Gasteiger partial charge in [0.2, 0.25) is 0 Å². The zero-order chi connectivity index (χ0) is 14.5. The van der Waals surface area contributed by atoms with Gasteiger partial charge in [-0.15, -0.1) is 0 Å². The lowest BCUT2D eigenvalue weighted by atomic mass is 10.0. The Kier molecular flexibility index (Phi) is 5.44. The smallest absolute Gasteiger partial charge is 0.351 e. The fourth-order valence-electron chi connectivity index (χ4n) is 1.59. The SMILES string of the molecule is Cc1cccc(Cc2c[nH]cn2)c1C.O=P(O)(O)O. The Hall–Kier alpha value is -1.46. The molecule has 2 rings (SSSR count). The molecule has 0 spiro atoms. The topological polar surface area (TPSA) is 106 Å². The molecule has 0 atom stereocenters. The zero-order valence-corrected chi connectivity index (χ0v) is 11.6. The number of hydrogen-bond donors (Lipinski definition) is 4. The quantitative estimate of drug-likeness (QED) is 0.628. The number of nitrogens with zero attached hydrogens (tertiary/aromatic N) is 1. The minimum absolute atomic E-state index is 0.914. The first-order valence-electron chi connectivity index (χ1n) is 5.58. The van der Waals surface area contributed by atoms with Crippen LogP contribution in [0.15, 0.2) is 30.7 Å². The maximum Gasteiger partial charge on any atom is 0.466 e. The third kappa shape index (κ3) is 6.31. The zero-order valence-electron chi connectivity index (χ0n) is 10.7. The van der Waals surface area contributed by atoms with E-state index in [1.54, 1.807) is 6.33 Å². The van der Waals surface area contributed by atoms with Gasteiger partial charge in [0.25, 0.3) is 0 Å². The third-order valence-electron chi connectivity index (χ3n) is 2.64. The second-order valence-electron chi connectivity index (χ2n) is 4.11. The number of phosphoric acid groups is 1. The van der Waals surface area contributed by atoms with Gasteiger partial charge >= 0.3 is 7.82 Å². The van der Waals surface area contributed by atoms with Crippen molar-refractivity contribution in [3.8, 4) is 0 Å². The van der Waals surface area contributed by atoms with E-state index >= 15 is 0 Å². The number of benzene rings is 1. The normalized spacial score (nSPS) is 10.8. The molecule has 6 nitrogen and oxygen atoms in total. The van der Waals surface area contributed by atoms with Gasteiger partial charge < -0.3 is 19.7 Å². The highest BCUT2D eigenvalue weighted by Crippen LogP contribution is 2.25. The third-order valence-corrected chi connectivity index (χ3v) is 2.64. The van der Waals surface area contributed by atoms with Crippen molar-refractivity contribution in [2.45, 2.75) is 20.3 Å². The van der Waals surface area contributed by atoms with Crippen molar-refractivity contribution in [3.05, 3.63) is 53.1 Å². The molecule has 0 aliphatic carbocycles. The summed E-state index contributed by atoms with van der Waals surface area (Å²) in [5.74, 6) is 0. The van der Waals surface area contributed by atoms with Crippen LogP contribution >= 0.6 is 7.82 Å². The largest absolute Gasteiger partial charge is 0.466 e. The van der Waals surface area contributed by atoms with Crippen molar-refractivity contribution in [3.63, 3.8) is 0 Å². The summed E-state index contributed by atoms with van der Waals surface area (Å²) >= 11 is 0. The number of aromatic amines is 1. The monoisotopic (exact) mass is 284 g/mol. The van der Waals surface area contributed by atoms with Crippen LogP contribution in [0.25, 0.3) is 0 Å². The average molecular weight is 284 g/mol. The summed E-state index contributed by atoms with van der Waals surface area (Å²) in [5.41, 5.74) is 5.17. The van der Waals surface area contributed by atoms with Crippen LogP contribution in [0.2, 0.25) is 0 Å². The molecule has 7 heteroatoms. The van der Waals surface area contributed by atoms with Gasteiger partial charge in [-0.2, -0.15) is 0 Å². The van der Waals surface area contributed by atoms with E-state index in [1.807, 2.05) is 6.20 Å². The summed E-state index contributed by atoms with van der Waals surface area (Å²) in [5, 5.41) is 0. The number of nitrogens with one attached hydrogen (secondary N) is 1. The fourth-order valence-corrected chi connectivity index (χ4v) is 1.59. The Morgan fingerprint density at radius 2 is 1.89 bits per heavy atom. The van der Waals surface area contributed by atoms with Crippen molar-refractivity contribution < 1.29 is 19.2 Å². The molecule has 4 N–H and O–H groups in total. The molecular weight excluding hydrogens is 267 g/mol. The Labute approximate surface area is 111 Å². The molecule has 1 heterocycles. The number of hydrogen-bond acceptors (Lipinski definition) is 2. The number of rotatable bonds is 2. The number of aromatic nitrogens is 2. The van der Waals surface area contributed by atoms with E-state index in [4.69, 9.17) is 19.2 Å². The van der Waals surface area contributed by atoms with Gasteiger partial charge in [-0.3, -0.25) is 0 Å². The maximum absolute atomic E-state index is 8.88. The highest BCUT2D eigenvalue weighted by atomic mass is 31.2. The van der Waals surface area contributed by atoms with E-state index in [2.05, 4.69) is 42.0 Å². The standard InChI is InChI=1S/C12H14N2.H3O4P/c1-9-4-3-5-11(10(9)2)6-12-7-13-8-14-12;1-5(2,3)4/h3-5,7-8H,6H2,1-2H3,(H,13,14);(H3,1,2,3,4). The number of aryl methyl sites for hydroxylation is 1. The average Bonchev–Trinajstić information content (AvgIpc) is 2.75. The van der Waals surface area contributed by atoms with Crippen molar-refractivity contribution in [1.29, 1.82) is 0 Å². The van der Waals surface area contributed by atoms with E-state index < -0.39 is 7.82 Å². The Morgan fingerprint density at radius 1 is 1.26 bits per heavy atom. The lowest BCUT2D eigenvalue weighted by molar-refractivity contribution is 0.275. The summed E-state index contributed by atoms with van der Waals surface area (Å²) in [6.45, 7) is 4.31. The molecule has 1 aromatic carbocycles.